The Hall–Kier alpha value is -1.17. The summed E-state index contributed by atoms with van der Waals surface area (Å²) >= 11 is 5.20. The largest absolute Gasteiger partial charge is 0.491 e. The molecule has 0 radical (unpaired) electrons. The van der Waals surface area contributed by atoms with Gasteiger partial charge in [-0.3, -0.25) is 4.90 Å². The summed E-state index contributed by atoms with van der Waals surface area (Å²) in [5.41, 5.74) is 6.89. The highest BCUT2D eigenvalue weighted by Gasteiger charge is 2.22. The molecule has 1 atom stereocenters. The van der Waals surface area contributed by atoms with Gasteiger partial charge in [-0.2, -0.15) is 0 Å². The second-order valence-electron chi connectivity index (χ2n) is 4.90. The average Bonchev–Trinajstić information content (AvgIpc) is 2.37. The maximum Gasteiger partial charge on any atom is 0.120 e. The number of hydrogen-bond donors (Lipinski definition) is 2. The summed E-state index contributed by atoms with van der Waals surface area (Å²) in [7, 11) is 0. The van der Waals surface area contributed by atoms with Gasteiger partial charge in [0.1, 0.15) is 5.75 Å². The molecule has 112 valence electrons. The molecule has 5 heteroatoms. The first kappa shape index (κ1) is 16.9. The van der Waals surface area contributed by atoms with E-state index in [1.54, 1.807) is 0 Å². The Morgan fingerprint density at radius 3 is 2.65 bits per heavy atom. The number of benzene rings is 1. The number of likely N-dealkylation sites (N-methyl/N-ethyl adjacent to an activating group) is 1. The van der Waals surface area contributed by atoms with Gasteiger partial charge in [-0.15, -0.1) is 0 Å². The van der Waals surface area contributed by atoms with Crippen LogP contribution in [0.1, 0.15) is 32.4 Å². The van der Waals surface area contributed by atoms with Gasteiger partial charge < -0.3 is 15.6 Å². The lowest BCUT2D eigenvalue weighted by atomic mass is 10.0. The predicted molar refractivity (Wildman–Crippen MR) is 86.1 cm³/mol. The molecule has 0 fully saturated rings. The number of nitrogens with zero attached hydrogens (tertiary/aromatic N) is 1. The molecule has 0 amide bonds. The average molecular weight is 296 g/mol. The molecule has 4 nitrogen and oxygen atoms in total. The van der Waals surface area contributed by atoms with Crippen molar-refractivity contribution < 1.29 is 9.84 Å². The van der Waals surface area contributed by atoms with Crippen LogP contribution in [0.15, 0.2) is 24.3 Å². The summed E-state index contributed by atoms with van der Waals surface area (Å²) in [5, 5.41) is 9.17. The second-order valence-corrected chi connectivity index (χ2v) is 5.37. The van der Waals surface area contributed by atoms with Crippen LogP contribution in [-0.4, -0.2) is 40.8 Å². The molecule has 1 aromatic carbocycles. The van der Waals surface area contributed by atoms with Crippen molar-refractivity contribution in [1.82, 2.24) is 4.90 Å². The van der Waals surface area contributed by atoms with Crippen molar-refractivity contribution in [2.45, 2.75) is 32.9 Å². The Balaban J connectivity index is 3.05. The van der Waals surface area contributed by atoms with Crippen LogP contribution in [-0.2, 0) is 0 Å². The first-order chi connectivity index (χ1) is 9.49. The Labute approximate surface area is 126 Å². The molecule has 0 aliphatic heterocycles. The van der Waals surface area contributed by atoms with Crippen molar-refractivity contribution in [3.8, 4) is 5.75 Å². The van der Waals surface area contributed by atoms with Crippen molar-refractivity contribution in [2.75, 3.05) is 19.7 Å². The third kappa shape index (κ3) is 4.74. The van der Waals surface area contributed by atoms with E-state index in [0.29, 0.717) is 11.5 Å². The summed E-state index contributed by atoms with van der Waals surface area (Å²) in [6, 6.07) is 7.62. The minimum absolute atomic E-state index is 0.0785. The van der Waals surface area contributed by atoms with Crippen LogP contribution in [0.25, 0.3) is 0 Å². The SMILES string of the molecule is CCN(CCO)C(C(N)=S)c1cccc(OC(C)C)c1. The quantitative estimate of drug-likeness (QED) is 0.720. The molecule has 0 saturated carbocycles. The third-order valence-corrected chi connectivity index (χ3v) is 3.20. The highest BCUT2D eigenvalue weighted by atomic mass is 32.1. The van der Waals surface area contributed by atoms with Crippen molar-refractivity contribution in [2.24, 2.45) is 5.73 Å². The van der Waals surface area contributed by atoms with Crippen LogP contribution in [0.3, 0.4) is 0 Å². The Bertz CT molecular complexity index is 438. The van der Waals surface area contributed by atoms with E-state index in [1.165, 1.54) is 0 Å². The standard InChI is InChI=1S/C15H24N2O2S/c1-4-17(8-9-18)14(15(16)20)12-6-5-7-13(10-12)19-11(2)3/h5-7,10-11,14,18H,4,8-9H2,1-3H3,(H2,16,20). The molecule has 0 bridgehead atoms. The lowest BCUT2D eigenvalue weighted by Gasteiger charge is -2.30. The summed E-state index contributed by atoms with van der Waals surface area (Å²) in [6.07, 6.45) is 0.119. The molecular weight excluding hydrogens is 272 g/mol. The van der Waals surface area contributed by atoms with Crippen molar-refractivity contribution in [3.63, 3.8) is 0 Å². The van der Waals surface area contributed by atoms with Crippen LogP contribution >= 0.6 is 12.2 Å². The molecule has 0 heterocycles. The summed E-state index contributed by atoms with van der Waals surface area (Å²) in [6.45, 7) is 7.37. The maximum absolute atomic E-state index is 9.17. The van der Waals surface area contributed by atoms with Crippen molar-refractivity contribution >= 4 is 17.2 Å². The van der Waals surface area contributed by atoms with Crippen molar-refractivity contribution in [3.05, 3.63) is 29.8 Å². The van der Waals surface area contributed by atoms with Crippen LogP contribution in [0.5, 0.6) is 5.75 Å². The number of aliphatic hydroxyl groups excluding tert-OH is 1. The Morgan fingerprint density at radius 2 is 2.15 bits per heavy atom. The van der Waals surface area contributed by atoms with Gasteiger partial charge in [0, 0.05) is 6.54 Å². The lowest BCUT2D eigenvalue weighted by Crippen LogP contribution is -2.38. The maximum atomic E-state index is 9.17. The van der Waals surface area contributed by atoms with Crippen LogP contribution in [0.2, 0.25) is 0 Å². The summed E-state index contributed by atoms with van der Waals surface area (Å²) < 4.78 is 5.71. The normalized spacial score (nSPS) is 12.7. The summed E-state index contributed by atoms with van der Waals surface area (Å²) in [5.74, 6) is 0.804. The first-order valence-corrected chi connectivity index (χ1v) is 7.31. The molecule has 1 unspecified atom stereocenters. The van der Waals surface area contributed by atoms with E-state index in [0.717, 1.165) is 17.9 Å². The number of thiocarbonyl (C=S) groups is 1. The fourth-order valence-corrected chi connectivity index (χ4v) is 2.47. The number of hydrogen-bond acceptors (Lipinski definition) is 4. The minimum Gasteiger partial charge on any atom is -0.491 e. The monoisotopic (exact) mass is 296 g/mol. The molecule has 0 aromatic heterocycles. The van der Waals surface area contributed by atoms with Gasteiger partial charge in [-0.1, -0.05) is 31.3 Å². The van der Waals surface area contributed by atoms with Gasteiger partial charge in [0.2, 0.25) is 0 Å². The second kappa shape index (κ2) is 8.19. The van der Waals surface area contributed by atoms with E-state index in [2.05, 4.69) is 4.90 Å². The highest BCUT2D eigenvalue weighted by molar-refractivity contribution is 7.80. The number of rotatable bonds is 8. The number of aliphatic hydroxyl groups is 1. The molecule has 0 spiro atoms. The Morgan fingerprint density at radius 1 is 1.45 bits per heavy atom. The van der Waals surface area contributed by atoms with E-state index in [1.807, 2.05) is 45.0 Å². The number of ether oxygens (including phenoxy) is 1. The van der Waals surface area contributed by atoms with Gasteiger partial charge in [0.25, 0.3) is 0 Å². The highest BCUT2D eigenvalue weighted by Crippen LogP contribution is 2.25. The van der Waals surface area contributed by atoms with Crippen LogP contribution < -0.4 is 10.5 Å². The third-order valence-electron chi connectivity index (χ3n) is 2.97. The molecule has 0 aliphatic rings. The van der Waals surface area contributed by atoms with Gasteiger partial charge in [-0.05, 0) is 38.1 Å². The molecular formula is C15H24N2O2S. The van der Waals surface area contributed by atoms with E-state index >= 15 is 0 Å². The molecule has 0 aliphatic carbocycles. The van der Waals surface area contributed by atoms with E-state index < -0.39 is 0 Å². The van der Waals surface area contributed by atoms with E-state index in [9.17, 15) is 0 Å². The predicted octanol–water partition coefficient (Wildman–Crippen LogP) is 2.12. The molecule has 20 heavy (non-hydrogen) atoms. The smallest absolute Gasteiger partial charge is 0.120 e. The molecule has 3 N–H and O–H groups in total. The van der Waals surface area contributed by atoms with Gasteiger partial charge in [-0.25, -0.2) is 0 Å². The molecule has 1 aromatic rings. The molecule has 0 saturated heterocycles. The topological polar surface area (TPSA) is 58.7 Å². The first-order valence-electron chi connectivity index (χ1n) is 6.90. The van der Waals surface area contributed by atoms with Gasteiger partial charge >= 0.3 is 0 Å². The summed E-state index contributed by atoms with van der Waals surface area (Å²) in [4.78, 5) is 2.46. The lowest BCUT2D eigenvalue weighted by molar-refractivity contribution is 0.185. The van der Waals surface area contributed by atoms with Crippen LogP contribution in [0.4, 0.5) is 0 Å². The van der Waals surface area contributed by atoms with E-state index in [4.69, 9.17) is 27.8 Å². The van der Waals surface area contributed by atoms with Crippen LogP contribution in [0, 0.1) is 0 Å². The van der Waals surface area contributed by atoms with Gasteiger partial charge in [0.15, 0.2) is 0 Å². The zero-order valence-electron chi connectivity index (χ0n) is 12.4. The van der Waals surface area contributed by atoms with Gasteiger partial charge in [0.05, 0.1) is 23.7 Å². The van der Waals surface area contributed by atoms with Crippen molar-refractivity contribution in [1.29, 1.82) is 0 Å². The zero-order chi connectivity index (χ0) is 15.1. The molecule has 1 rings (SSSR count). The zero-order valence-corrected chi connectivity index (χ0v) is 13.2. The minimum atomic E-state index is -0.183. The number of nitrogens with two attached hydrogens (primary N) is 1. The van der Waals surface area contributed by atoms with E-state index in [-0.39, 0.29) is 18.8 Å². The fourth-order valence-electron chi connectivity index (χ4n) is 2.18. The Kier molecular flexibility index (Phi) is 6.91. The fraction of sp³-hybridized carbons (Fsp3) is 0.533.